The van der Waals surface area contributed by atoms with Gasteiger partial charge in [0.1, 0.15) is 17.3 Å². The maximum atomic E-state index is 12.0. The Kier molecular flexibility index (Phi) is 9.83. The molecule has 3 aromatic carbocycles. The number of nitrogens with zero attached hydrogens (tertiary/aromatic N) is 2. The van der Waals surface area contributed by atoms with Gasteiger partial charge in [-0.2, -0.15) is 0 Å². The van der Waals surface area contributed by atoms with Crippen LogP contribution in [0.3, 0.4) is 0 Å². The first kappa shape index (κ1) is 26.6. The fraction of sp³-hybridized carbons (Fsp3) is 0.333. The first-order chi connectivity index (χ1) is 18.1. The molecule has 7 heteroatoms. The molecule has 0 unspecified atom stereocenters. The molecule has 1 amide bonds. The highest BCUT2D eigenvalue weighted by Gasteiger charge is 2.10. The van der Waals surface area contributed by atoms with E-state index in [0.29, 0.717) is 23.9 Å². The lowest BCUT2D eigenvalue weighted by atomic mass is 10.2. The summed E-state index contributed by atoms with van der Waals surface area (Å²) < 4.78 is 13.8. The number of unbranched alkanes of at least 4 members (excludes halogenated alkanes) is 2. The van der Waals surface area contributed by atoms with Crippen LogP contribution in [0.1, 0.15) is 37.1 Å². The highest BCUT2D eigenvalue weighted by Crippen LogP contribution is 2.20. The molecule has 0 bridgehead atoms. The molecule has 0 saturated carbocycles. The Morgan fingerprint density at radius 3 is 2.54 bits per heavy atom. The standard InChI is InChI=1S/C30H34ClN3O3/c1-23-10-4-7-13-28(23)36-21-9-20-34-27-12-6-5-11-26(27)33-29(34)14-3-2-8-19-32-30(35)22-37-25-17-15-24(31)16-18-25/h4-7,10-13,15-18H,2-3,8-9,14,19-22H2,1H3,(H,32,35). The van der Waals surface area contributed by atoms with Crippen molar-refractivity contribution in [1.82, 2.24) is 14.9 Å². The highest BCUT2D eigenvalue weighted by molar-refractivity contribution is 6.30. The second-order valence-electron chi connectivity index (χ2n) is 9.04. The van der Waals surface area contributed by atoms with Gasteiger partial charge in [-0.05, 0) is 74.2 Å². The number of fused-ring (bicyclic) bond motifs is 1. The van der Waals surface area contributed by atoms with E-state index in [4.69, 9.17) is 26.1 Å². The average molecular weight is 520 g/mol. The first-order valence-electron chi connectivity index (χ1n) is 12.9. The third-order valence-corrected chi connectivity index (χ3v) is 6.45. The van der Waals surface area contributed by atoms with Crippen LogP contribution in [0.25, 0.3) is 11.0 Å². The van der Waals surface area contributed by atoms with E-state index in [1.807, 2.05) is 24.3 Å². The number of imidazole rings is 1. The lowest BCUT2D eigenvalue weighted by molar-refractivity contribution is -0.123. The van der Waals surface area contributed by atoms with E-state index >= 15 is 0 Å². The number of carbonyl (C=O) groups excluding carboxylic acids is 1. The van der Waals surface area contributed by atoms with Crippen LogP contribution in [0, 0.1) is 6.92 Å². The SMILES string of the molecule is Cc1ccccc1OCCCn1c(CCCCCNC(=O)COc2ccc(Cl)cc2)nc2ccccc21. The van der Waals surface area contributed by atoms with Gasteiger partial charge < -0.3 is 19.4 Å². The number of halogens is 1. The normalized spacial score (nSPS) is 11.0. The summed E-state index contributed by atoms with van der Waals surface area (Å²) in [6, 6.07) is 23.4. The molecule has 1 aromatic heterocycles. The molecule has 0 fully saturated rings. The zero-order chi connectivity index (χ0) is 25.9. The summed E-state index contributed by atoms with van der Waals surface area (Å²) in [7, 11) is 0. The van der Waals surface area contributed by atoms with Crippen LogP contribution in [-0.2, 0) is 17.8 Å². The Morgan fingerprint density at radius 1 is 0.919 bits per heavy atom. The van der Waals surface area contributed by atoms with Crippen LogP contribution < -0.4 is 14.8 Å². The van der Waals surface area contributed by atoms with Crippen LogP contribution >= 0.6 is 11.6 Å². The van der Waals surface area contributed by atoms with Gasteiger partial charge in [-0.3, -0.25) is 4.79 Å². The molecule has 0 spiro atoms. The largest absolute Gasteiger partial charge is 0.493 e. The zero-order valence-electron chi connectivity index (χ0n) is 21.3. The van der Waals surface area contributed by atoms with Crippen LogP contribution in [-0.4, -0.2) is 35.2 Å². The van der Waals surface area contributed by atoms with E-state index in [-0.39, 0.29) is 12.5 Å². The first-order valence-corrected chi connectivity index (χ1v) is 13.3. The molecule has 1 heterocycles. The Labute approximate surface area is 223 Å². The summed E-state index contributed by atoms with van der Waals surface area (Å²) in [5.74, 6) is 2.56. The number of nitrogens with one attached hydrogen (secondary N) is 1. The number of hydrogen-bond donors (Lipinski definition) is 1. The topological polar surface area (TPSA) is 65.4 Å². The van der Waals surface area contributed by atoms with Crippen LogP contribution in [0.15, 0.2) is 72.8 Å². The minimum absolute atomic E-state index is 0.000782. The van der Waals surface area contributed by atoms with Crippen molar-refractivity contribution in [1.29, 1.82) is 0 Å². The number of ether oxygens (including phenoxy) is 2. The van der Waals surface area contributed by atoms with Crippen LogP contribution in [0.5, 0.6) is 11.5 Å². The van der Waals surface area contributed by atoms with Crippen LogP contribution in [0.4, 0.5) is 0 Å². The zero-order valence-corrected chi connectivity index (χ0v) is 22.0. The third-order valence-electron chi connectivity index (χ3n) is 6.19. The van der Waals surface area contributed by atoms with Crippen molar-refractivity contribution in [2.45, 2.75) is 45.6 Å². The van der Waals surface area contributed by atoms with E-state index in [1.165, 1.54) is 5.52 Å². The molecule has 0 saturated heterocycles. The van der Waals surface area contributed by atoms with E-state index in [0.717, 1.165) is 61.3 Å². The molecular weight excluding hydrogens is 486 g/mol. The molecular formula is C30H34ClN3O3. The van der Waals surface area contributed by atoms with Crippen LogP contribution in [0.2, 0.25) is 5.02 Å². The third kappa shape index (κ3) is 7.99. The van der Waals surface area contributed by atoms with Gasteiger partial charge in [0.05, 0.1) is 17.6 Å². The van der Waals surface area contributed by atoms with Crippen molar-refractivity contribution in [3.05, 3.63) is 89.2 Å². The molecule has 37 heavy (non-hydrogen) atoms. The Bertz CT molecular complexity index is 1290. The van der Waals surface area contributed by atoms with Gasteiger partial charge >= 0.3 is 0 Å². The van der Waals surface area contributed by atoms with Gasteiger partial charge in [0.2, 0.25) is 0 Å². The van der Waals surface area contributed by atoms with E-state index in [1.54, 1.807) is 24.3 Å². The van der Waals surface area contributed by atoms with Gasteiger partial charge in [-0.25, -0.2) is 4.98 Å². The monoisotopic (exact) mass is 519 g/mol. The molecule has 0 radical (unpaired) electrons. The molecule has 0 aliphatic carbocycles. The predicted molar refractivity (Wildman–Crippen MR) is 149 cm³/mol. The number of para-hydroxylation sites is 3. The summed E-state index contributed by atoms with van der Waals surface area (Å²) in [6.07, 6.45) is 4.75. The molecule has 6 nitrogen and oxygen atoms in total. The number of hydrogen-bond acceptors (Lipinski definition) is 4. The second kappa shape index (κ2) is 13.7. The molecule has 194 valence electrons. The average Bonchev–Trinajstić information content (AvgIpc) is 3.26. The fourth-order valence-electron chi connectivity index (χ4n) is 4.23. The van der Waals surface area contributed by atoms with Crippen molar-refractivity contribution >= 4 is 28.5 Å². The van der Waals surface area contributed by atoms with Crippen molar-refractivity contribution in [2.75, 3.05) is 19.8 Å². The van der Waals surface area contributed by atoms with E-state index < -0.39 is 0 Å². The fourth-order valence-corrected chi connectivity index (χ4v) is 4.36. The molecule has 4 rings (SSSR count). The maximum Gasteiger partial charge on any atom is 0.257 e. The lowest BCUT2D eigenvalue weighted by Gasteiger charge is -2.12. The number of aromatic nitrogens is 2. The quantitative estimate of drug-likeness (QED) is 0.196. The predicted octanol–water partition coefficient (Wildman–Crippen LogP) is 6.38. The summed E-state index contributed by atoms with van der Waals surface area (Å²) in [5.41, 5.74) is 3.35. The number of benzene rings is 3. The molecule has 0 atom stereocenters. The Balaban J connectivity index is 1.18. The number of rotatable bonds is 14. The van der Waals surface area contributed by atoms with Crippen molar-refractivity contribution < 1.29 is 14.3 Å². The summed E-state index contributed by atoms with van der Waals surface area (Å²) in [4.78, 5) is 16.9. The van der Waals surface area contributed by atoms with E-state index in [9.17, 15) is 4.79 Å². The van der Waals surface area contributed by atoms with Gasteiger partial charge in [0.25, 0.3) is 5.91 Å². The summed E-state index contributed by atoms with van der Waals surface area (Å²) in [5, 5.41) is 3.56. The minimum Gasteiger partial charge on any atom is -0.493 e. The highest BCUT2D eigenvalue weighted by atomic mass is 35.5. The van der Waals surface area contributed by atoms with Gasteiger partial charge in [0.15, 0.2) is 6.61 Å². The van der Waals surface area contributed by atoms with Gasteiger partial charge in [0, 0.05) is 24.5 Å². The molecule has 0 aliphatic rings. The lowest BCUT2D eigenvalue weighted by Crippen LogP contribution is -2.29. The number of amides is 1. The minimum atomic E-state index is -0.121. The van der Waals surface area contributed by atoms with Gasteiger partial charge in [-0.1, -0.05) is 48.4 Å². The molecule has 4 aromatic rings. The smallest absolute Gasteiger partial charge is 0.257 e. The Morgan fingerprint density at radius 2 is 1.70 bits per heavy atom. The summed E-state index contributed by atoms with van der Waals surface area (Å²) >= 11 is 5.86. The Hall–Kier alpha value is -3.51. The van der Waals surface area contributed by atoms with E-state index in [2.05, 4.69) is 41.1 Å². The van der Waals surface area contributed by atoms with Gasteiger partial charge in [-0.15, -0.1) is 0 Å². The molecule has 0 aliphatic heterocycles. The van der Waals surface area contributed by atoms with Crippen molar-refractivity contribution in [3.8, 4) is 11.5 Å². The maximum absolute atomic E-state index is 12.0. The summed E-state index contributed by atoms with van der Waals surface area (Å²) in [6.45, 7) is 4.23. The molecule has 1 N–H and O–H groups in total. The second-order valence-corrected chi connectivity index (χ2v) is 9.48. The van der Waals surface area contributed by atoms with Crippen molar-refractivity contribution in [3.63, 3.8) is 0 Å². The number of aryl methyl sites for hydroxylation is 3. The number of carbonyl (C=O) groups is 1. The van der Waals surface area contributed by atoms with Crippen molar-refractivity contribution in [2.24, 2.45) is 0 Å².